The molecule has 80 valence electrons. The van der Waals surface area contributed by atoms with Gasteiger partial charge in [-0.2, -0.15) is 0 Å². The minimum Gasteiger partial charge on any atom is -0.385 e. The Morgan fingerprint density at radius 1 is 1.57 bits per heavy atom. The number of rotatable bonds is 5. The topological polar surface area (TPSA) is 66.0 Å². The number of ether oxygens (including phenoxy) is 1. The molecule has 5 nitrogen and oxygen atoms in total. The monoisotopic (exact) mass is 198 g/mol. The van der Waals surface area contributed by atoms with Crippen LogP contribution in [-0.2, 0) is 4.74 Å². The zero-order chi connectivity index (χ0) is 10.6. The Morgan fingerprint density at radius 3 is 2.86 bits per heavy atom. The first-order valence-corrected chi connectivity index (χ1v) is 4.80. The van der Waals surface area contributed by atoms with E-state index in [9.17, 15) is 0 Å². The summed E-state index contributed by atoms with van der Waals surface area (Å²) in [5.41, 5.74) is 5.96. The van der Waals surface area contributed by atoms with Gasteiger partial charge in [0.05, 0.1) is 6.04 Å². The van der Waals surface area contributed by atoms with Crippen LogP contribution in [0.2, 0.25) is 0 Å². The van der Waals surface area contributed by atoms with Gasteiger partial charge in [0.1, 0.15) is 12.2 Å². The van der Waals surface area contributed by atoms with E-state index in [1.54, 1.807) is 13.4 Å². The van der Waals surface area contributed by atoms with E-state index in [2.05, 4.69) is 24.0 Å². The zero-order valence-electron chi connectivity index (χ0n) is 8.97. The normalized spacial score (nSPS) is 13.5. The van der Waals surface area contributed by atoms with Crippen molar-refractivity contribution in [1.82, 2.24) is 14.8 Å². The number of aromatic nitrogens is 3. The second-order valence-electron chi connectivity index (χ2n) is 3.58. The lowest BCUT2D eigenvalue weighted by molar-refractivity contribution is 0.186. The molecule has 0 aromatic carbocycles. The highest BCUT2D eigenvalue weighted by atomic mass is 16.5. The lowest BCUT2D eigenvalue weighted by atomic mass is 10.2. The molecule has 14 heavy (non-hydrogen) atoms. The third kappa shape index (κ3) is 2.52. The molecule has 0 amide bonds. The van der Waals surface area contributed by atoms with Gasteiger partial charge < -0.3 is 15.0 Å². The highest BCUT2D eigenvalue weighted by molar-refractivity contribution is 4.95. The molecule has 0 spiro atoms. The standard InChI is InChI=1S/C9H18N4O/c1-7(2)13-6-11-12-9(13)8(10)4-5-14-3/h6-8H,4-5,10H2,1-3H3. The molecular weight excluding hydrogens is 180 g/mol. The van der Waals surface area contributed by atoms with Crippen LogP contribution < -0.4 is 5.73 Å². The van der Waals surface area contributed by atoms with Crippen molar-refractivity contribution in [3.8, 4) is 0 Å². The van der Waals surface area contributed by atoms with Crippen molar-refractivity contribution in [2.45, 2.75) is 32.4 Å². The van der Waals surface area contributed by atoms with E-state index in [1.807, 2.05) is 4.57 Å². The molecule has 0 radical (unpaired) electrons. The van der Waals surface area contributed by atoms with Gasteiger partial charge in [0, 0.05) is 19.8 Å². The summed E-state index contributed by atoms with van der Waals surface area (Å²) in [5.74, 6) is 0.831. The van der Waals surface area contributed by atoms with E-state index in [0.29, 0.717) is 12.6 Å². The maximum absolute atomic E-state index is 5.96. The second-order valence-corrected chi connectivity index (χ2v) is 3.58. The fraction of sp³-hybridized carbons (Fsp3) is 0.778. The van der Waals surface area contributed by atoms with E-state index in [4.69, 9.17) is 10.5 Å². The third-order valence-electron chi connectivity index (χ3n) is 2.12. The molecule has 0 aliphatic carbocycles. The van der Waals surface area contributed by atoms with Gasteiger partial charge in [-0.1, -0.05) is 0 Å². The number of hydrogen-bond donors (Lipinski definition) is 1. The third-order valence-corrected chi connectivity index (χ3v) is 2.12. The molecule has 1 aromatic rings. The van der Waals surface area contributed by atoms with Crippen LogP contribution >= 0.6 is 0 Å². The second kappa shape index (κ2) is 5.07. The van der Waals surface area contributed by atoms with Gasteiger partial charge in [-0.3, -0.25) is 0 Å². The molecule has 1 heterocycles. The van der Waals surface area contributed by atoms with E-state index < -0.39 is 0 Å². The molecule has 2 N–H and O–H groups in total. The lowest BCUT2D eigenvalue weighted by Gasteiger charge is -2.14. The van der Waals surface area contributed by atoms with Crippen LogP contribution in [0.25, 0.3) is 0 Å². The van der Waals surface area contributed by atoms with Gasteiger partial charge in [0.15, 0.2) is 0 Å². The van der Waals surface area contributed by atoms with Crippen molar-refractivity contribution in [3.05, 3.63) is 12.2 Å². The largest absolute Gasteiger partial charge is 0.385 e. The van der Waals surface area contributed by atoms with Gasteiger partial charge >= 0.3 is 0 Å². The van der Waals surface area contributed by atoms with Crippen molar-refractivity contribution in [2.75, 3.05) is 13.7 Å². The van der Waals surface area contributed by atoms with Crippen LogP contribution in [0.3, 0.4) is 0 Å². The van der Waals surface area contributed by atoms with Crippen molar-refractivity contribution >= 4 is 0 Å². The van der Waals surface area contributed by atoms with Crippen molar-refractivity contribution in [2.24, 2.45) is 5.73 Å². The molecular formula is C9H18N4O. The average molecular weight is 198 g/mol. The molecule has 0 saturated carbocycles. The maximum Gasteiger partial charge on any atom is 0.150 e. The Labute approximate surface area is 84.3 Å². The number of nitrogens with two attached hydrogens (primary N) is 1. The molecule has 0 bridgehead atoms. The summed E-state index contributed by atoms with van der Waals surface area (Å²) in [6, 6.07) is 0.244. The molecule has 0 saturated heterocycles. The van der Waals surface area contributed by atoms with Crippen LogP contribution in [-0.4, -0.2) is 28.5 Å². The first-order chi connectivity index (χ1) is 6.66. The summed E-state index contributed by atoms with van der Waals surface area (Å²) in [6.45, 7) is 4.80. The summed E-state index contributed by atoms with van der Waals surface area (Å²) >= 11 is 0. The van der Waals surface area contributed by atoms with Crippen LogP contribution in [0.1, 0.15) is 38.2 Å². The highest BCUT2D eigenvalue weighted by Crippen LogP contribution is 2.15. The summed E-state index contributed by atoms with van der Waals surface area (Å²) < 4.78 is 6.96. The Bertz CT molecular complexity index is 272. The molecule has 0 aliphatic heterocycles. The van der Waals surface area contributed by atoms with E-state index in [0.717, 1.165) is 12.2 Å². The van der Waals surface area contributed by atoms with Gasteiger partial charge in [0.2, 0.25) is 0 Å². The summed E-state index contributed by atoms with van der Waals surface area (Å²) in [7, 11) is 1.67. The Kier molecular flexibility index (Phi) is 4.03. The Hall–Kier alpha value is -0.940. The van der Waals surface area contributed by atoms with E-state index in [-0.39, 0.29) is 6.04 Å². The molecule has 0 aliphatic rings. The highest BCUT2D eigenvalue weighted by Gasteiger charge is 2.14. The minimum atomic E-state index is -0.0974. The first-order valence-electron chi connectivity index (χ1n) is 4.80. The van der Waals surface area contributed by atoms with Crippen LogP contribution in [0.5, 0.6) is 0 Å². The fourth-order valence-electron chi connectivity index (χ4n) is 1.29. The molecule has 1 atom stereocenters. The average Bonchev–Trinajstić information content (AvgIpc) is 2.62. The van der Waals surface area contributed by atoms with E-state index in [1.165, 1.54) is 0 Å². The molecule has 1 rings (SSSR count). The Balaban J connectivity index is 2.68. The molecule has 5 heteroatoms. The number of nitrogens with zero attached hydrogens (tertiary/aromatic N) is 3. The van der Waals surface area contributed by atoms with Crippen molar-refractivity contribution < 1.29 is 4.74 Å². The van der Waals surface area contributed by atoms with Gasteiger partial charge in [0.25, 0.3) is 0 Å². The minimum absolute atomic E-state index is 0.0974. The van der Waals surface area contributed by atoms with Crippen LogP contribution in [0, 0.1) is 0 Å². The van der Waals surface area contributed by atoms with Gasteiger partial charge in [-0.15, -0.1) is 10.2 Å². The van der Waals surface area contributed by atoms with E-state index >= 15 is 0 Å². The summed E-state index contributed by atoms with van der Waals surface area (Å²) in [6.07, 6.45) is 2.48. The van der Waals surface area contributed by atoms with Crippen LogP contribution in [0.15, 0.2) is 6.33 Å². The number of methoxy groups -OCH3 is 1. The van der Waals surface area contributed by atoms with Crippen molar-refractivity contribution in [3.63, 3.8) is 0 Å². The van der Waals surface area contributed by atoms with Crippen LogP contribution in [0.4, 0.5) is 0 Å². The van der Waals surface area contributed by atoms with Gasteiger partial charge in [-0.25, -0.2) is 0 Å². The predicted molar refractivity (Wildman–Crippen MR) is 53.8 cm³/mol. The Morgan fingerprint density at radius 2 is 2.29 bits per heavy atom. The first kappa shape index (κ1) is 11.1. The summed E-state index contributed by atoms with van der Waals surface area (Å²) in [5, 5.41) is 7.89. The predicted octanol–water partition coefficient (Wildman–Crippen LogP) is 0.895. The molecule has 1 aromatic heterocycles. The fourth-order valence-corrected chi connectivity index (χ4v) is 1.29. The zero-order valence-corrected chi connectivity index (χ0v) is 8.97. The summed E-state index contributed by atoms with van der Waals surface area (Å²) in [4.78, 5) is 0. The smallest absolute Gasteiger partial charge is 0.150 e. The maximum atomic E-state index is 5.96. The van der Waals surface area contributed by atoms with Crippen molar-refractivity contribution in [1.29, 1.82) is 0 Å². The molecule has 1 unspecified atom stereocenters. The lowest BCUT2D eigenvalue weighted by Crippen LogP contribution is -2.19. The quantitative estimate of drug-likeness (QED) is 0.763. The van der Waals surface area contributed by atoms with Gasteiger partial charge in [-0.05, 0) is 20.3 Å². The molecule has 0 fully saturated rings. The number of hydrogen-bond acceptors (Lipinski definition) is 4. The SMILES string of the molecule is COCCC(N)c1nncn1C(C)C.